The normalized spacial score (nSPS) is 11.8. The molecule has 0 bridgehead atoms. The van der Waals surface area contributed by atoms with Gasteiger partial charge < -0.3 is 5.73 Å². The molecule has 0 radical (unpaired) electrons. The minimum atomic E-state index is -3.41. The molecule has 0 fully saturated rings. The highest BCUT2D eigenvalue weighted by molar-refractivity contribution is 7.89. The SMILES string of the molecule is NCCCNS(=O)(=O)c1ccn[nH]1. The molecule has 4 N–H and O–H groups in total. The zero-order valence-electron chi connectivity index (χ0n) is 7.03. The van der Waals surface area contributed by atoms with Gasteiger partial charge in [-0.25, -0.2) is 13.1 Å². The molecule has 1 heterocycles. The first kappa shape index (κ1) is 10.2. The van der Waals surface area contributed by atoms with Crippen molar-refractivity contribution in [1.29, 1.82) is 0 Å². The highest BCUT2D eigenvalue weighted by Gasteiger charge is 2.13. The molecule has 0 amide bonds. The number of aromatic amines is 1. The predicted octanol–water partition coefficient (Wildman–Crippen LogP) is -0.963. The van der Waals surface area contributed by atoms with Crippen LogP contribution in [0.25, 0.3) is 0 Å². The summed E-state index contributed by atoms with van der Waals surface area (Å²) in [6.07, 6.45) is 2.00. The molecular weight excluding hydrogens is 192 g/mol. The summed E-state index contributed by atoms with van der Waals surface area (Å²) < 4.78 is 25.1. The average Bonchev–Trinajstić information content (AvgIpc) is 2.56. The molecular formula is C6H12N4O2S. The van der Waals surface area contributed by atoms with Crippen LogP contribution < -0.4 is 10.5 Å². The third-order valence-electron chi connectivity index (χ3n) is 1.44. The van der Waals surface area contributed by atoms with Crippen LogP contribution in [-0.4, -0.2) is 31.7 Å². The number of rotatable bonds is 5. The van der Waals surface area contributed by atoms with Gasteiger partial charge in [-0.1, -0.05) is 0 Å². The van der Waals surface area contributed by atoms with Crippen molar-refractivity contribution in [3.8, 4) is 0 Å². The molecule has 1 aromatic rings. The third-order valence-corrected chi connectivity index (χ3v) is 2.83. The Morgan fingerprint density at radius 3 is 2.92 bits per heavy atom. The van der Waals surface area contributed by atoms with Gasteiger partial charge in [0.15, 0.2) is 5.03 Å². The standard InChI is InChI=1S/C6H12N4O2S/c7-3-1-4-9-13(11,12)6-2-5-8-10-6/h2,5,9H,1,3-4,7H2,(H,8,10). The Morgan fingerprint density at radius 1 is 1.62 bits per heavy atom. The highest BCUT2D eigenvalue weighted by Crippen LogP contribution is 2.01. The quantitative estimate of drug-likeness (QED) is 0.537. The molecule has 0 aromatic carbocycles. The largest absolute Gasteiger partial charge is 0.330 e. The monoisotopic (exact) mass is 204 g/mol. The lowest BCUT2D eigenvalue weighted by Crippen LogP contribution is -2.26. The van der Waals surface area contributed by atoms with Gasteiger partial charge in [-0.15, -0.1) is 0 Å². The summed E-state index contributed by atoms with van der Waals surface area (Å²) in [4.78, 5) is 0. The molecule has 1 rings (SSSR count). The van der Waals surface area contributed by atoms with Crippen molar-refractivity contribution in [3.63, 3.8) is 0 Å². The number of sulfonamides is 1. The second kappa shape index (κ2) is 4.35. The van der Waals surface area contributed by atoms with Crippen LogP contribution >= 0.6 is 0 Å². The van der Waals surface area contributed by atoms with Gasteiger partial charge in [0.2, 0.25) is 0 Å². The van der Waals surface area contributed by atoms with Crippen molar-refractivity contribution in [1.82, 2.24) is 14.9 Å². The van der Waals surface area contributed by atoms with Crippen molar-refractivity contribution in [3.05, 3.63) is 12.3 Å². The zero-order valence-corrected chi connectivity index (χ0v) is 7.84. The number of nitrogens with two attached hydrogens (primary N) is 1. The predicted molar refractivity (Wildman–Crippen MR) is 47.4 cm³/mol. The molecule has 0 spiro atoms. The van der Waals surface area contributed by atoms with Crippen LogP contribution in [0.3, 0.4) is 0 Å². The summed E-state index contributed by atoms with van der Waals surface area (Å²) in [6.45, 7) is 0.809. The summed E-state index contributed by atoms with van der Waals surface area (Å²) in [5.74, 6) is 0. The summed E-state index contributed by atoms with van der Waals surface area (Å²) in [7, 11) is -3.41. The van der Waals surface area contributed by atoms with Gasteiger partial charge in [-0.05, 0) is 19.0 Å². The minimum absolute atomic E-state index is 0.0736. The van der Waals surface area contributed by atoms with Gasteiger partial charge >= 0.3 is 0 Å². The van der Waals surface area contributed by atoms with Gasteiger partial charge in [0.25, 0.3) is 10.0 Å². The average molecular weight is 204 g/mol. The molecule has 0 aliphatic carbocycles. The van der Waals surface area contributed by atoms with E-state index in [-0.39, 0.29) is 5.03 Å². The molecule has 0 unspecified atom stereocenters. The van der Waals surface area contributed by atoms with E-state index >= 15 is 0 Å². The van der Waals surface area contributed by atoms with E-state index in [0.29, 0.717) is 19.5 Å². The fourth-order valence-corrected chi connectivity index (χ4v) is 1.76. The third kappa shape index (κ3) is 2.79. The topological polar surface area (TPSA) is 101 Å². The van der Waals surface area contributed by atoms with Crippen LogP contribution in [0.4, 0.5) is 0 Å². The van der Waals surface area contributed by atoms with Crippen molar-refractivity contribution in [2.24, 2.45) is 5.73 Å². The van der Waals surface area contributed by atoms with Crippen LogP contribution in [0.15, 0.2) is 17.3 Å². The number of aromatic nitrogens is 2. The number of hydrogen-bond acceptors (Lipinski definition) is 4. The summed E-state index contributed by atoms with van der Waals surface area (Å²) in [5, 5.41) is 5.99. The van der Waals surface area contributed by atoms with Gasteiger partial charge in [0.1, 0.15) is 0 Å². The second-order valence-electron chi connectivity index (χ2n) is 2.46. The maximum Gasteiger partial charge on any atom is 0.257 e. The van der Waals surface area contributed by atoms with E-state index in [1.54, 1.807) is 0 Å². The lowest BCUT2D eigenvalue weighted by atomic mass is 10.4. The fraction of sp³-hybridized carbons (Fsp3) is 0.500. The Balaban J connectivity index is 2.58. The van der Waals surface area contributed by atoms with E-state index in [0.717, 1.165) is 0 Å². The molecule has 6 nitrogen and oxygen atoms in total. The van der Waals surface area contributed by atoms with Crippen LogP contribution in [0, 0.1) is 0 Å². The fourth-order valence-electron chi connectivity index (χ4n) is 0.779. The Bertz CT molecular complexity index is 332. The Hall–Kier alpha value is -0.920. The highest BCUT2D eigenvalue weighted by atomic mass is 32.2. The zero-order chi connectivity index (χ0) is 9.73. The lowest BCUT2D eigenvalue weighted by Gasteiger charge is -2.02. The Labute approximate surface area is 76.6 Å². The molecule has 0 saturated heterocycles. The van der Waals surface area contributed by atoms with E-state index in [2.05, 4.69) is 14.9 Å². The summed E-state index contributed by atoms with van der Waals surface area (Å²) in [6, 6.07) is 1.39. The lowest BCUT2D eigenvalue weighted by molar-refractivity contribution is 0.575. The molecule has 1 aromatic heterocycles. The summed E-state index contributed by atoms with van der Waals surface area (Å²) in [5.41, 5.74) is 5.22. The van der Waals surface area contributed by atoms with E-state index < -0.39 is 10.0 Å². The molecule has 0 aliphatic heterocycles. The maximum absolute atomic E-state index is 11.3. The first-order valence-electron chi connectivity index (χ1n) is 3.86. The first-order valence-corrected chi connectivity index (χ1v) is 5.34. The second-order valence-corrected chi connectivity index (χ2v) is 4.20. The number of H-pyrrole nitrogens is 1. The molecule has 0 aliphatic rings. The molecule has 13 heavy (non-hydrogen) atoms. The van der Waals surface area contributed by atoms with Crippen molar-refractivity contribution >= 4 is 10.0 Å². The summed E-state index contributed by atoms with van der Waals surface area (Å²) >= 11 is 0. The van der Waals surface area contributed by atoms with Crippen LogP contribution in [0.2, 0.25) is 0 Å². The van der Waals surface area contributed by atoms with E-state index in [4.69, 9.17) is 5.73 Å². The van der Waals surface area contributed by atoms with Crippen molar-refractivity contribution < 1.29 is 8.42 Å². The molecule has 7 heteroatoms. The molecule has 0 atom stereocenters. The minimum Gasteiger partial charge on any atom is -0.330 e. The van der Waals surface area contributed by atoms with Gasteiger partial charge in [0.05, 0.1) is 6.20 Å². The smallest absolute Gasteiger partial charge is 0.257 e. The number of hydrogen-bond donors (Lipinski definition) is 3. The van der Waals surface area contributed by atoms with Crippen molar-refractivity contribution in [2.75, 3.05) is 13.1 Å². The number of nitrogens with zero attached hydrogens (tertiary/aromatic N) is 1. The van der Waals surface area contributed by atoms with Crippen molar-refractivity contribution in [2.45, 2.75) is 11.4 Å². The van der Waals surface area contributed by atoms with Gasteiger partial charge in [-0.2, -0.15) is 5.10 Å². The van der Waals surface area contributed by atoms with Gasteiger partial charge in [-0.3, -0.25) is 5.10 Å². The van der Waals surface area contributed by atoms with Crippen LogP contribution in [0.1, 0.15) is 6.42 Å². The van der Waals surface area contributed by atoms with E-state index in [1.165, 1.54) is 12.3 Å². The number of nitrogens with one attached hydrogen (secondary N) is 2. The Morgan fingerprint density at radius 2 is 2.38 bits per heavy atom. The van der Waals surface area contributed by atoms with Gasteiger partial charge in [0, 0.05) is 6.54 Å². The molecule has 0 saturated carbocycles. The maximum atomic E-state index is 11.3. The van der Waals surface area contributed by atoms with E-state index in [1.807, 2.05) is 0 Å². The Kier molecular flexibility index (Phi) is 3.40. The van der Waals surface area contributed by atoms with Crippen LogP contribution in [-0.2, 0) is 10.0 Å². The first-order chi connectivity index (χ1) is 6.17. The van der Waals surface area contributed by atoms with E-state index in [9.17, 15) is 8.42 Å². The van der Waals surface area contributed by atoms with Crippen LogP contribution in [0.5, 0.6) is 0 Å². The molecule has 74 valence electrons.